The maximum absolute atomic E-state index is 4.03. The van der Waals surface area contributed by atoms with E-state index in [0.29, 0.717) is 0 Å². The third kappa shape index (κ3) is 2.32. The minimum atomic E-state index is 0.999. The first-order valence-corrected chi connectivity index (χ1v) is 4.75. The van der Waals surface area contributed by atoms with Crippen molar-refractivity contribution in [2.45, 2.75) is 46.1 Å². The molecule has 1 aromatic heterocycles. The third-order valence-electron chi connectivity index (χ3n) is 1.92. The number of hydrogen-bond donors (Lipinski definition) is 0. The van der Waals surface area contributed by atoms with Crippen LogP contribution >= 0.6 is 0 Å². The molecule has 0 saturated carbocycles. The van der Waals surface area contributed by atoms with Crippen LogP contribution < -0.4 is 0 Å². The molecule has 0 N–H and O–H groups in total. The monoisotopic (exact) mass is 167 g/mol. The van der Waals surface area contributed by atoms with Gasteiger partial charge in [-0.2, -0.15) is 0 Å². The number of aromatic nitrogens is 3. The Kier molecular flexibility index (Phi) is 3.77. The van der Waals surface area contributed by atoms with Crippen LogP contribution in [0.1, 0.15) is 38.8 Å². The first kappa shape index (κ1) is 9.23. The topological polar surface area (TPSA) is 30.7 Å². The van der Waals surface area contributed by atoms with E-state index in [4.69, 9.17) is 0 Å². The van der Waals surface area contributed by atoms with Crippen molar-refractivity contribution in [3.63, 3.8) is 0 Å². The van der Waals surface area contributed by atoms with Crippen molar-refractivity contribution in [1.82, 2.24) is 15.0 Å². The number of rotatable bonds is 5. The van der Waals surface area contributed by atoms with Gasteiger partial charge in [0.2, 0.25) is 0 Å². The summed E-state index contributed by atoms with van der Waals surface area (Å²) in [7, 11) is 0. The maximum Gasteiger partial charge on any atom is 0.0725 e. The number of aryl methyl sites for hydroxylation is 2. The summed E-state index contributed by atoms with van der Waals surface area (Å²) in [4.78, 5) is 0. The van der Waals surface area contributed by atoms with E-state index in [0.717, 1.165) is 19.4 Å². The van der Waals surface area contributed by atoms with Gasteiger partial charge in [0, 0.05) is 6.54 Å². The van der Waals surface area contributed by atoms with Gasteiger partial charge in [-0.05, 0) is 19.3 Å². The van der Waals surface area contributed by atoms with Crippen molar-refractivity contribution in [3.05, 3.63) is 11.9 Å². The number of unbranched alkanes of at least 4 members (excludes halogenated alkanes) is 1. The Bertz CT molecular complexity index is 217. The van der Waals surface area contributed by atoms with Crippen LogP contribution in [-0.4, -0.2) is 15.0 Å². The van der Waals surface area contributed by atoms with E-state index in [1.165, 1.54) is 18.5 Å². The van der Waals surface area contributed by atoms with Crippen molar-refractivity contribution >= 4 is 0 Å². The van der Waals surface area contributed by atoms with Gasteiger partial charge in [-0.25, -0.2) is 4.68 Å². The maximum atomic E-state index is 4.03. The second kappa shape index (κ2) is 4.91. The van der Waals surface area contributed by atoms with Crippen LogP contribution in [0.2, 0.25) is 0 Å². The van der Waals surface area contributed by atoms with Crippen molar-refractivity contribution < 1.29 is 0 Å². The van der Waals surface area contributed by atoms with Gasteiger partial charge in [0.05, 0.1) is 11.9 Å². The van der Waals surface area contributed by atoms with E-state index in [-0.39, 0.29) is 0 Å². The molecule has 0 aromatic carbocycles. The van der Waals surface area contributed by atoms with Gasteiger partial charge in [-0.1, -0.05) is 25.5 Å². The Balaban J connectivity index is 2.51. The summed E-state index contributed by atoms with van der Waals surface area (Å²) in [6.07, 6.45) is 6.59. The first-order chi connectivity index (χ1) is 5.88. The Morgan fingerprint density at radius 2 is 2.17 bits per heavy atom. The van der Waals surface area contributed by atoms with Crippen LogP contribution in [0.25, 0.3) is 0 Å². The number of hydrogen-bond acceptors (Lipinski definition) is 2. The quantitative estimate of drug-likeness (QED) is 0.671. The fraction of sp³-hybridized carbons (Fsp3) is 0.778. The Hall–Kier alpha value is -0.860. The second-order valence-corrected chi connectivity index (χ2v) is 3.05. The highest BCUT2D eigenvalue weighted by Gasteiger charge is 2.00. The molecular weight excluding hydrogens is 150 g/mol. The Morgan fingerprint density at radius 1 is 1.33 bits per heavy atom. The molecule has 1 rings (SSSR count). The standard InChI is InChI=1S/C9H17N3/c1-3-5-6-9-8-10-11-12(9)7-4-2/h8H,3-7H2,1-2H3. The lowest BCUT2D eigenvalue weighted by Gasteiger charge is -2.02. The van der Waals surface area contributed by atoms with Crippen LogP contribution in [0.5, 0.6) is 0 Å². The summed E-state index contributed by atoms with van der Waals surface area (Å²) in [6.45, 7) is 5.36. The Labute approximate surface area is 73.8 Å². The summed E-state index contributed by atoms with van der Waals surface area (Å²) >= 11 is 0. The minimum Gasteiger partial charge on any atom is -0.249 e. The molecular formula is C9H17N3. The third-order valence-corrected chi connectivity index (χ3v) is 1.92. The summed E-state index contributed by atoms with van der Waals surface area (Å²) < 4.78 is 2.01. The molecule has 0 radical (unpaired) electrons. The van der Waals surface area contributed by atoms with Crippen LogP contribution in [0.4, 0.5) is 0 Å². The molecule has 0 saturated heterocycles. The molecule has 0 fully saturated rings. The van der Waals surface area contributed by atoms with E-state index in [1.807, 2.05) is 10.9 Å². The molecule has 3 heteroatoms. The van der Waals surface area contributed by atoms with Crippen LogP contribution in [0.15, 0.2) is 6.20 Å². The van der Waals surface area contributed by atoms with Gasteiger partial charge in [-0.15, -0.1) is 5.10 Å². The summed E-state index contributed by atoms with van der Waals surface area (Å²) in [6, 6.07) is 0. The predicted molar refractivity (Wildman–Crippen MR) is 48.9 cm³/mol. The molecule has 0 amide bonds. The molecule has 3 nitrogen and oxygen atoms in total. The van der Waals surface area contributed by atoms with Crippen LogP contribution in [0.3, 0.4) is 0 Å². The summed E-state index contributed by atoms with van der Waals surface area (Å²) in [5.74, 6) is 0. The van der Waals surface area contributed by atoms with Crippen molar-refractivity contribution in [1.29, 1.82) is 0 Å². The molecule has 0 bridgehead atoms. The molecule has 12 heavy (non-hydrogen) atoms. The fourth-order valence-electron chi connectivity index (χ4n) is 1.23. The largest absolute Gasteiger partial charge is 0.249 e. The van der Waals surface area contributed by atoms with E-state index >= 15 is 0 Å². The van der Waals surface area contributed by atoms with Crippen LogP contribution in [0, 0.1) is 0 Å². The fourth-order valence-corrected chi connectivity index (χ4v) is 1.23. The normalized spacial score (nSPS) is 10.5. The zero-order valence-corrected chi connectivity index (χ0v) is 7.95. The van der Waals surface area contributed by atoms with Gasteiger partial charge in [0.1, 0.15) is 0 Å². The zero-order valence-electron chi connectivity index (χ0n) is 7.95. The van der Waals surface area contributed by atoms with Crippen molar-refractivity contribution in [3.8, 4) is 0 Å². The van der Waals surface area contributed by atoms with Crippen molar-refractivity contribution in [2.75, 3.05) is 0 Å². The van der Waals surface area contributed by atoms with E-state index < -0.39 is 0 Å². The smallest absolute Gasteiger partial charge is 0.0725 e. The lowest BCUT2D eigenvalue weighted by atomic mass is 10.2. The zero-order chi connectivity index (χ0) is 8.81. The molecule has 1 aromatic rings. The highest BCUT2D eigenvalue weighted by Crippen LogP contribution is 2.03. The average molecular weight is 167 g/mol. The first-order valence-electron chi connectivity index (χ1n) is 4.75. The molecule has 0 unspecified atom stereocenters. The highest BCUT2D eigenvalue weighted by atomic mass is 15.4. The Morgan fingerprint density at radius 3 is 2.83 bits per heavy atom. The van der Waals surface area contributed by atoms with Crippen LogP contribution in [-0.2, 0) is 13.0 Å². The van der Waals surface area contributed by atoms with Gasteiger partial charge in [0.25, 0.3) is 0 Å². The average Bonchev–Trinajstić information content (AvgIpc) is 2.50. The molecule has 1 heterocycles. The van der Waals surface area contributed by atoms with E-state index in [2.05, 4.69) is 24.2 Å². The SMILES string of the molecule is CCCCc1cnnn1CCC. The lowest BCUT2D eigenvalue weighted by molar-refractivity contribution is 0.549. The lowest BCUT2D eigenvalue weighted by Crippen LogP contribution is -2.04. The van der Waals surface area contributed by atoms with Crippen molar-refractivity contribution in [2.24, 2.45) is 0 Å². The summed E-state index contributed by atoms with van der Waals surface area (Å²) in [5, 5.41) is 7.93. The van der Waals surface area contributed by atoms with Gasteiger partial charge in [-0.3, -0.25) is 0 Å². The molecule has 0 aliphatic rings. The highest BCUT2D eigenvalue weighted by molar-refractivity contribution is 4.93. The molecule has 0 aliphatic carbocycles. The second-order valence-electron chi connectivity index (χ2n) is 3.05. The van der Waals surface area contributed by atoms with E-state index in [9.17, 15) is 0 Å². The molecule has 0 spiro atoms. The summed E-state index contributed by atoms with van der Waals surface area (Å²) in [5.41, 5.74) is 1.28. The van der Waals surface area contributed by atoms with Gasteiger partial charge < -0.3 is 0 Å². The molecule has 0 atom stereocenters. The molecule has 0 aliphatic heterocycles. The molecule has 68 valence electrons. The van der Waals surface area contributed by atoms with Gasteiger partial charge in [0.15, 0.2) is 0 Å². The van der Waals surface area contributed by atoms with E-state index in [1.54, 1.807) is 0 Å². The minimum absolute atomic E-state index is 0.999. The number of nitrogens with zero attached hydrogens (tertiary/aromatic N) is 3. The predicted octanol–water partition coefficient (Wildman–Crippen LogP) is 2.03. The van der Waals surface area contributed by atoms with Gasteiger partial charge >= 0.3 is 0 Å².